The second kappa shape index (κ2) is 10.2. The van der Waals surface area contributed by atoms with Gasteiger partial charge in [0.05, 0.1) is 11.3 Å². The van der Waals surface area contributed by atoms with Crippen molar-refractivity contribution in [3.63, 3.8) is 0 Å². The maximum absolute atomic E-state index is 14.2. The number of unbranched alkanes of at least 4 members (excludes halogenated alkanes) is 1. The van der Waals surface area contributed by atoms with Crippen LogP contribution >= 0.6 is 0 Å². The molecule has 0 bridgehead atoms. The number of halogens is 1. The van der Waals surface area contributed by atoms with E-state index in [2.05, 4.69) is 6.92 Å². The Hall–Kier alpha value is -3.41. The number of aromatic nitrogens is 1. The van der Waals surface area contributed by atoms with Crippen molar-refractivity contribution < 1.29 is 14.0 Å². The maximum atomic E-state index is 14.2. The third kappa shape index (κ3) is 4.76. The molecule has 34 heavy (non-hydrogen) atoms. The summed E-state index contributed by atoms with van der Waals surface area (Å²) in [6.07, 6.45) is 3.85. The predicted octanol–water partition coefficient (Wildman–Crippen LogP) is 5.24. The Labute approximate surface area is 200 Å². The van der Waals surface area contributed by atoms with Crippen LogP contribution in [-0.2, 0) is 6.54 Å². The zero-order chi connectivity index (χ0) is 24.2. The van der Waals surface area contributed by atoms with E-state index in [-0.39, 0.29) is 17.5 Å². The molecule has 1 saturated heterocycles. The molecule has 0 radical (unpaired) electrons. The zero-order valence-corrected chi connectivity index (χ0v) is 20.2. The fourth-order valence-corrected chi connectivity index (χ4v) is 4.57. The molecule has 4 rings (SSSR count). The number of hydrogen-bond donors (Lipinski definition) is 0. The Morgan fingerprint density at radius 1 is 0.941 bits per heavy atom. The first kappa shape index (κ1) is 23.7. The standard InChI is InChI=1S/C28H32FN3O2/c1-4-5-14-32-19-21(3)25(27(33)22-12-10-20(2)11-13-22)26(32)28(34)31-17-15-30(16-18-31)24-9-7-6-8-23(24)29/h6-13,19H,4-5,14-18H2,1-3H3. The minimum Gasteiger partial charge on any atom is -0.366 e. The van der Waals surface area contributed by atoms with Crippen LogP contribution in [0.2, 0.25) is 0 Å². The van der Waals surface area contributed by atoms with Gasteiger partial charge in [-0.2, -0.15) is 0 Å². The molecule has 1 aliphatic rings. The van der Waals surface area contributed by atoms with E-state index in [4.69, 9.17) is 0 Å². The van der Waals surface area contributed by atoms with Crippen LogP contribution in [-0.4, -0.2) is 47.3 Å². The summed E-state index contributed by atoms with van der Waals surface area (Å²) in [5, 5.41) is 0. The monoisotopic (exact) mass is 461 g/mol. The lowest BCUT2D eigenvalue weighted by Gasteiger charge is -2.36. The van der Waals surface area contributed by atoms with Gasteiger partial charge in [-0.05, 0) is 38.0 Å². The quantitative estimate of drug-likeness (QED) is 0.452. The van der Waals surface area contributed by atoms with E-state index >= 15 is 0 Å². The van der Waals surface area contributed by atoms with Crippen LogP contribution in [0, 0.1) is 19.7 Å². The Balaban J connectivity index is 1.62. The molecule has 1 amide bonds. The summed E-state index contributed by atoms with van der Waals surface area (Å²) >= 11 is 0. The number of carbonyl (C=O) groups is 2. The molecule has 1 aromatic heterocycles. The van der Waals surface area contributed by atoms with Crippen molar-refractivity contribution in [2.24, 2.45) is 0 Å². The zero-order valence-electron chi connectivity index (χ0n) is 20.2. The summed E-state index contributed by atoms with van der Waals surface area (Å²) in [5.41, 5.74) is 4.00. The van der Waals surface area contributed by atoms with Gasteiger partial charge >= 0.3 is 0 Å². The molecule has 1 aliphatic heterocycles. The summed E-state index contributed by atoms with van der Waals surface area (Å²) in [6.45, 7) is 8.72. The molecule has 0 saturated carbocycles. The van der Waals surface area contributed by atoms with Crippen molar-refractivity contribution in [2.75, 3.05) is 31.1 Å². The summed E-state index contributed by atoms with van der Waals surface area (Å²) in [5.74, 6) is -0.508. The molecule has 2 aromatic carbocycles. The van der Waals surface area contributed by atoms with Crippen molar-refractivity contribution in [2.45, 2.75) is 40.2 Å². The van der Waals surface area contributed by atoms with Gasteiger partial charge in [0.15, 0.2) is 5.78 Å². The van der Waals surface area contributed by atoms with Gasteiger partial charge in [0.1, 0.15) is 11.5 Å². The first-order valence-corrected chi connectivity index (χ1v) is 12.0. The van der Waals surface area contributed by atoms with Crippen LogP contribution in [0.5, 0.6) is 0 Å². The SMILES string of the molecule is CCCCn1cc(C)c(C(=O)c2ccc(C)cc2)c1C(=O)N1CCN(c2ccccc2F)CC1. The van der Waals surface area contributed by atoms with E-state index in [9.17, 15) is 14.0 Å². The number of rotatable bonds is 7. The highest BCUT2D eigenvalue weighted by molar-refractivity contribution is 6.15. The average molecular weight is 462 g/mol. The number of amides is 1. The largest absolute Gasteiger partial charge is 0.366 e. The highest BCUT2D eigenvalue weighted by Crippen LogP contribution is 2.26. The molecule has 6 heteroatoms. The number of anilines is 1. The molecule has 0 unspecified atom stereocenters. The molecule has 0 N–H and O–H groups in total. The molecule has 0 atom stereocenters. The van der Waals surface area contributed by atoms with Crippen LogP contribution in [0.1, 0.15) is 57.3 Å². The number of carbonyl (C=O) groups excluding carboxylic acids is 2. The van der Waals surface area contributed by atoms with Gasteiger partial charge in [0.25, 0.3) is 5.91 Å². The smallest absolute Gasteiger partial charge is 0.271 e. The molecule has 1 fully saturated rings. The Kier molecular flexibility index (Phi) is 7.15. The van der Waals surface area contributed by atoms with Crippen molar-refractivity contribution in [1.82, 2.24) is 9.47 Å². The van der Waals surface area contributed by atoms with Gasteiger partial charge in [-0.15, -0.1) is 0 Å². The van der Waals surface area contributed by atoms with E-state index in [0.29, 0.717) is 55.2 Å². The molecule has 5 nitrogen and oxygen atoms in total. The molecule has 3 aromatic rings. The number of piperazine rings is 1. The Bertz CT molecular complexity index is 1170. The molecule has 0 aliphatic carbocycles. The van der Waals surface area contributed by atoms with Crippen LogP contribution in [0.3, 0.4) is 0 Å². The minimum atomic E-state index is -0.252. The fourth-order valence-electron chi connectivity index (χ4n) is 4.57. The van der Waals surface area contributed by atoms with Crippen LogP contribution in [0.25, 0.3) is 0 Å². The molecule has 0 spiro atoms. The molecule has 178 valence electrons. The van der Waals surface area contributed by atoms with Crippen molar-refractivity contribution >= 4 is 17.4 Å². The Morgan fingerprint density at radius 3 is 2.26 bits per heavy atom. The van der Waals surface area contributed by atoms with Crippen LogP contribution in [0.4, 0.5) is 10.1 Å². The summed E-state index contributed by atoms with van der Waals surface area (Å²) in [7, 11) is 0. The van der Waals surface area contributed by atoms with E-state index in [0.717, 1.165) is 24.0 Å². The number of hydrogen-bond acceptors (Lipinski definition) is 3. The van der Waals surface area contributed by atoms with E-state index in [1.807, 2.05) is 59.8 Å². The summed E-state index contributed by atoms with van der Waals surface area (Å²) in [6, 6.07) is 14.2. The number of benzene rings is 2. The van der Waals surface area contributed by atoms with Gasteiger partial charge in [-0.1, -0.05) is 55.3 Å². The van der Waals surface area contributed by atoms with Crippen molar-refractivity contribution in [1.29, 1.82) is 0 Å². The van der Waals surface area contributed by atoms with E-state index in [1.54, 1.807) is 17.0 Å². The second-order valence-corrected chi connectivity index (χ2v) is 9.01. The van der Waals surface area contributed by atoms with E-state index < -0.39 is 0 Å². The first-order chi connectivity index (χ1) is 16.4. The molecule has 2 heterocycles. The normalized spacial score (nSPS) is 13.9. The minimum absolute atomic E-state index is 0.124. The maximum Gasteiger partial charge on any atom is 0.271 e. The van der Waals surface area contributed by atoms with Gasteiger partial charge < -0.3 is 14.4 Å². The average Bonchev–Trinajstić information content (AvgIpc) is 3.18. The lowest BCUT2D eigenvalue weighted by Crippen LogP contribution is -2.49. The van der Waals surface area contributed by atoms with Gasteiger partial charge in [0, 0.05) is 44.5 Å². The van der Waals surface area contributed by atoms with Gasteiger partial charge in [-0.25, -0.2) is 4.39 Å². The third-order valence-electron chi connectivity index (χ3n) is 6.52. The van der Waals surface area contributed by atoms with Gasteiger partial charge in [-0.3, -0.25) is 9.59 Å². The summed E-state index contributed by atoms with van der Waals surface area (Å²) < 4.78 is 16.2. The van der Waals surface area contributed by atoms with Gasteiger partial charge in [0.2, 0.25) is 0 Å². The lowest BCUT2D eigenvalue weighted by molar-refractivity contribution is 0.0731. The first-order valence-electron chi connectivity index (χ1n) is 12.0. The molecular formula is C28H32FN3O2. The second-order valence-electron chi connectivity index (χ2n) is 9.01. The Morgan fingerprint density at radius 2 is 1.62 bits per heavy atom. The number of aryl methyl sites for hydroxylation is 3. The van der Waals surface area contributed by atoms with Crippen LogP contribution < -0.4 is 4.90 Å². The van der Waals surface area contributed by atoms with E-state index in [1.165, 1.54) is 6.07 Å². The number of para-hydroxylation sites is 1. The lowest BCUT2D eigenvalue weighted by atomic mass is 9.99. The predicted molar refractivity (Wildman–Crippen MR) is 133 cm³/mol. The number of nitrogens with zero attached hydrogens (tertiary/aromatic N) is 3. The third-order valence-corrected chi connectivity index (χ3v) is 6.52. The fraction of sp³-hybridized carbons (Fsp3) is 0.357. The van der Waals surface area contributed by atoms with Crippen LogP contribution in [0.15, 0.2) is 54.7 Å². The highest BCUT2D eigenvalue weighted by atomic mass is 19.1. The number of ketones is 1. The highest BCUT2D eigenvalue weighted by Gasteiger charge is 2.31. The topological polar surface area (TPSA) is 45.6 Å². The van der Waals surface area contributed by atoms with Crippen molar-refractivity contribution in [3.05, 3.63) is 88.5 Å². The summed E-state index contributed by atoms with van der Waals surface area (Å²) in [4.78, 5) is 31.1. The molecular weight excluding hydrogens is 429 g/mol. The van der Waals surface area contributed by atoms with Crippen molar-refractivity contribution in [3.8, 4) is 0 Å².